The van der Waals surface area contributed by atoms with E-state index in [2.05, 4.69) is 5.32 Å². The number of nitrogens with zero attached hydrogens (tertiary/aromatic N) is 1. The van der Waals surface area contributed by atoms with Gasteiger partial charge < -0.3 is 10.4 Å². The number of rotatable bonds is 6. The molecule has 0 bridgehead atoms. The van der Waals surface area contributed by atoms with Crippen LogP contribution in [0, 0.1) is 17.3 Å². The molecule has 0 spiro atoms. The SMILES string of the molecule is CCCNC(CN1C(=O)C2C(C1=O)C2(C)C)C(=O)O. The molecule has 6 heteroatoms. The van der Waals surface area contributed by atoms with Gasteiger partial charge in [0.2, 0.25) is 11.8 Å². The van der Waals surface area contributed by atoms with E-state index in [4.69, 9.17) is 5.11 Å². The molecule has 2 aliphatic rings. The molecule has 1 heterocycles. The van der Waals surface area contributed by atoms with Crippen molar-refractivity contribution in [2.45, 2.75) is 33.2 Å². The van der Waals surface area contributed by atoms with Gasteiger partial charge in [-0.05, 0) is 18.4 Å². The quantitative estimate of drug-likeness (QED) is 0.666. The van der Waals surface area contributed by atoms with E-state index in [0.29, 0.717) is 6.54 Å². The molecule has 1 saturated heterocycles. The Morgan fingerprint density at radius 1 is 1.37 bits per heavy atom. The van der Waals surface area contributed by atoms with Crippen molar-refractivity contribution in [3.05, 3.63) is 0 Å². The lowest BCUT2D eigenvalue weighted by molar-refractivity contribution is -0.146. The first-order chi connectivity index (χ1) is 8.82. The van der Waals surface area contributed by atoms with Crippen molar-refractivity contribution < 1.29 is 19.5 Å². The molecule has 2 N–H and O–H groups in total. The summed E-state index contributed by atoms with van der Waals surface area (Å²) in [5, 5.41) is 11.9. The number of amides is 2. The number of fused-ring (bicyclic) bond motifs is 1. The average Bonchev–Trinajstić information content (AvgIpc) is 2.79. The summed E-state index contributed by atoms with van der Waals surface area (Å²) in [5.41, 5.74) is -0.250. The highest BCUT2D eigenvalue weighted by atomic mass is 16.4. The van der Waals surface area contributed by atoms with Crippen LogP contribution in [0.5, 0.6) is 0 Å². The van der Waals surface area contributed by atoms with E-state index in [9.17, 15) is 14.4 Å². The third-order valence-corrected chi connectivity index (χ3v) is 4.20. The van der Waals surface area contributed by atoms with Crippen LogP contribution in [0.15, 0.2) is 0 Å². The third-order valence-electron chi connectivity index (χ3n) is 4.20. The fraction of sp³-hybridized carbons (Fsp3) is 0.769. The third kappa shape index (κ3) is 2.14. The number of hydrogen-bond donors (Lipinski definition) is 2. The molecule has 0 radical (unpaired) electrons. The van der Waals surface area contributed by atoms with Crippen LogP contribution in [0.3, 0.4) is 0 Å². The molecular formula is C13H20N2O4. The fourth-order valence-corrected chi connectivity index (χ4v) is 2.91. The second-order valence-electron chi connectivity index (χ2n) is 5.91. The predicted molar refractivity (Wildman–Crippen MR) is 67.2 cm³/mol. The second kappa shape index (κ2) is 4.59. The van der Waals surface area contributed by atoms with Crippen molar-refractivity contribution in [1.82, 2.24) is 10.2 Å². The Morgan fingerprint density at radius 3 is 2.32 bits per heavy atom. The van der Waals surface area contributed by atoms with Gasteiger partial charge in [-0.3, -0.25) is 19.3 Å². The minimum atomic E-state index is -1.03. The number of likely N-dealkylation sites (tertiary alicyclic amines) is 1. The highest BCUT2D eigenvalue weighted by molar-refractivity contribution is 6.10. The Labute approximate surface area is 112 Å². The lowest BCUT2D eigenvalue weighted by Crippen LogP contribution is -2.49. The number of imide groups is 1. The molecule has 2 amide bonds. The topological polar surface area (TPSA) is 86.7 Å². The molecule has 3 unspecified atom stereocenters. The first-order valence-electron chi connectivity index (χ1n) is 6.63. The number of nitrogens with one attached hydrogen (secondary N) is 1. The molecule has 19 heavy (non-hydrogen) atoms. The van der Waals surface area contributed by atoms with Gasteiger partial charge in [0, 0.05) is 0 Å². The summed E-state index contributed by atoms with van der Waals surface area (Å²) in [4.78, 5) is 36.4. The first kappa shape index (κ1) is 14.0. The van der Waals surface area contributed by atoms with Crippen molar-refractivity contribution in [3.8, 4) is 0 Å². The molecule has 6 nitrogen and oxygen atoms in total. The van der Waals surface area contributed by atoms with Crippen LogP contribution in [0.1, 0.15) is 27.2 Å². The summed E-state index contributed by atoms with van der Waals surface area (Å²) >= 11 is 0. The normalized spacial score (nSPS) is 29.3. The highest BCUT2D eigenvalue weighted by Gasteiger charge is 2.72. The molecule has 0 aromatic heterocycles. The number of hydrogen-bond acceptors (Lipinski definition) is 4. The molecule has 1 saturated carbocycles. The maximum absolute atomic E-state index is 12.1. The molecule has 1 aliphatic heterocycles. The van der Waals surface area contributed by atoms with E-state index >= 15 is 0 Å². The molecule has 0 aromatic rings. The van der Waals surface area contributed by atoms with Crippen molar-refractivity contribution in [1.29, 1.82) is 0 Å². The van der Waals surface area contributed by atoms with Gasteiger partial charge in [0.25, 0.3) is 0 Å². The summed E-state index contributed by atoms with van der Waals surface area (Å²) in [6.07, 6.45) is 0.796. The minimum absolute atomic E-state index is 0.0733. The predicted octanol–water partition coefficient (Wildman–Crippen LogP) is 0.0802. The first-order valence-corrected chi connectivity index (χ1v) is 6.63. The van der Waals surface area contributed by atoms with Crippen molar-refractivity contribution in [3.63, 3.8) is 0 Å². The molecular weight excluding hydrogens is 248 g/mol. The van der Waals surface area contributed by atoms with Crippen molar-refractivity contribution in [2.75, 3.05) is 13.1 Å². The fourth-order valence-electron chi connectivity index (χ4n) is 2.91. The maximum atomic E-state index is 12.1. The van der Waals surface area contributed by atoms with Crippen LogP contribution < -0.4 is 5.32 Å². The monoisotopic (exact) mass is 268 g/mol. The zero-order chi connectivity index (χ0) is 14.4. The van der Waals surface area contributed by atoms with Crippen LogP contribution in [-0.2, 0) is 14.4 Å². The number of carbonyl (C=O) groups is 3. The van der Waals surface area contributed by atoms with Crippen LogP contribution in [-0.4, -0.2) is 46.9 Å². The number of carboxylic acids is 1. The van der Waals surface area contributed by atoms with E-state index in [0.717, 1.165) is 11.3 Å². The summed E-state index contributed by atoms with van der Waals surface area (Å²) in [5.74, 6) is -1.97. The molecule has 1 aliphatic carbocycles. The van der Waals surface area contributed by atoms with Gasteiger partial charge in [0.15, 0.2) is 0 Å². The number of carboxylic acid groups (broad SMARTS) is 1. The molecule has 2 rings (SSSR count). The lowest BCUT2D eigenvalue weighted by Gasteiger charge is -2.24. The Bertz CT molecular complexity index is 408. The van der Waals surface area contributed by atoms with Crippen LogP contribution in [0.25, 0.3) is 0 Å². The lowest BCUT2D eigenvalue weighted by atomic mass is 10.1. The van der Waals surface area contributed by atoms with E-state index < -0.39 is 12.0 Å². The zero-order valence-electron chi connectivity index (χ0n) is 11.5. The van der Waals surface area contributed by atoms with Gasteiger partial charge in [-0.25, -0.2) is 0 Å². The standard InChI is InChI=1S/C13H20N2O4/c1-4-5-14-7(12(18)19)6-15-10(16)8-9(11(15)17)13(8,2)3/h7-9,14H,4-6H2,1-3H3,(H,18,19). The molecule has 106 valence electrons. The molecule has 2 fully saturated rings. The zero-order valence-corrected chi connectivity index (χ0v) is 11.5. The van der Waals surface area contributed by atoms with Gasteiger partial charge >= 0.3 is 5.97 Å². The van der Waals surface area contributed by atoms with Crippen molar-refractivity contribution >= 4 is 17.8 Å². The Balaban J connectivity index is 2.02. The maximum Gasteiger partial charge on any atom is 0.322 e. The summed E-state index contributed by atoms with van der Waals surface area (Å²) < 4.78 is 0. The second-order valence-corrected chi connectivity index (χ2v) is 5.91. The van der Waals surface area contributed by atoms with Gasteiger partial charge in [-0.1, -0.05) is 20.8 Å². The van der Waals surface area contributed by atoms with Crippen molar-refractivity contribution in [2.24, 2.45) is 17.3 Å². The van der Waals surface area contributed by atoms with E-state index in [1.165, 1.54) is 0 Å². The van der Waals surface area contributed by atoms with Gasteiger partial charge in [-0.15, -0.1) is 0 Å². The summed E-state index contributed by atoms with van der Waals surface area (Å²) in [7, 11) is 0. The van der Waals surface area contributed by atoms with Gasteiger partial charge in [-0.2, -0.15) is 0 Å². The Hall–Kier alpha value is -1.43. The van der Waals surface area contributed by atoms with Crippen LogP contribution in [0.2, 0.25) is 0 Å². The Morgan fingerprint density at radius 2 is 1.89 bits per heavy atom. The van der Waals surface area contributed by atoms with E-state index in [1.54, 1.807) is 0 Å². The number of carbonyl (C=O) groups excluding carboxylic acids is 2. The smallest absolute Gasteiger partial charge is 0.322 e. The van der Waals surface area contributed by atoms with Crippen LogP contribution >= 0.6 is 0 Å². The minimum Gasteiger partial charge on any atom is -0.480 e. The van der Waals surface area contributed by atoms with Crippen LogP contribution in [0.4, 0.5) is 0 Å². The highest BCUT2D eigenvalue weighted by Crippen LogP contribution is 2.63. The average molecular weight is 268 g/mol. The number of piperidine rings is 1. The largest absolute Gasteiger partial charge is 0.480 e. The summed E-state index contributed by atoms with van der Waals surface area (Å²) in [6.45, 7) is 6.20. The number of aliphatic carboxylic acids is 1. The molecule has 0 aromatic carbocycles. The summed E-state index contributed by atoms with van der Waals surface area (Å²) in [6, 6.07) is -0.881. The molecule has 3 atom stereocenters. The van der Waals surface area contributed by atoms with E-state index in [1.807, 2.05) is 20.8 Å². The Kier molecular flexibility index (Phi) is 3.38. The van der Waals surface area contributed by atoms with Gasteiger partial charge in [0.05, 0.1) is 18.4 Å². The van der Waals surface area contributed by atoms with Gasteiger partial charge in [0.1, 0.15) is 6.04 Å². The van der Waals surface area contributed by atoms with E-state index in [-0.39, 0.29) is 35.6 Å².